The first-order valence-corrected chi connectivity index (χ1v) is 7.28. The summed E-state index contributed by atoms with van der Waals surface area (Å²) in [6.07, 6.45) is 1.04. The molecule has 0 saturated carbocycles. The zero-order chi connectivity index (χ0) is 13.8. The monoisotopic (exact) mass is 279 g/mol. The number of hydrogen-bond donors (Lipinski definition) is 1. The highest BCUT2D eigenvalue weighted by Crippen LogP contribution is 2.22. The van der Waals surface area contributed by atoms with E-state index in [2.05, 4.69) is 4.74 Å². The molecule has 0 spiro atoms. The van der Waals surface area contributed by atoms with Gasteiger partial charge >= 0.3 is 11.9 Å². The average molecular weight is 279 g/mol. The lowest BCUT2D eigenvalue weighted by Crippen LogP contribution is -2.41. The van der Waals surface area contributed by atoms with Crippen molar-refractivity contribution in [2.24, 2.45) is 0 Å². The molecule has 8 heteroatoms. The summed E-state index contributed by atoms with van der Waals surface area (Å²) in [5.41, 5.74) is 0. The van der Waals surface area contributed by atoms with Crippen molar-refractivity contribution in [3.8, 4) is 0 Å². The zero-order valence-corrected chi connectivity index (χ0v) is 11.0. The number of carbonyl (C=O) groups excluding carboxylic acids is 1. The molecule has 1 heterocycles. The van der Waals surface area contributed by atoms with Crippen molar-refractivity contribution in [2.75, 3.05) is 19.4 Å². The van der Waals surface area contributed by atoms with E-state index in [1.165, 1.54) is 7.11 Å². The lowest BCUT2D eigenvalue weighted by atomic mass is 10.2. The van der Waals surface area contributed by atoms with Gasteiger partial charge in [0.05, 0.1) is 12.9 Å². The van der Waals surface area contributed by atoms with Crippen LogP contribution >= 0.6 is 0 Å². The van der Waals surface area contributed by atoms with Crippen molar-refractivity contribution >= 4 is 22.0 Å². The van der Waals surface area contributed by atoms with E-state index in [9.17, 15) is 18.0 Å². The van der Waals surface area contributed by atoms with Gasteiger partial charge in [-0.05, 0) is 19.3 Å². The van der Waals surface area contributed by atoms with E-state index in [0.717, 1.165) is 4.31 Å². The molecule has 104 valence electrons. The van der Waals surface area contributed by atoms with Gasteiger partial charge < -0.3 is 9.84 Å². The third-order valence-corrected chi connectivity index (χ3v) is 4.81. The van der Waals surface area contributed by atoms with E-state index in [1.807, 2.05) is 0 Å². The summed E-state index contributed by atoms with van der Waals surface area (Å²) < 4.78 is 29.3. The van der Waals surface area contributed by atoms with Gasteiger partial charge in [-0.15, -0.1) is 0 Å². The van der Waals surface area contributed by atoms with Gasteiger partial charge in [0, 0.05) is 13.0 Å². The van der Waals surface area contributed by atoms with Crippen LogP contribution in [0.15, 0.2) is 0 Å². The Morgan fingerprint density at radius 1 is 1.44 bits per heavy atom. The number of aliphatic carboxylic acids is 1. The number of sulfonamides is 1. The number of rotatable bonds is 6. The normalized spacial score (nSPS) is 20.8. The summed E-state index contributed by atoms with van der Waals surface area (Å²) in [6, 6.07) is -0.965. The van der Waals surface area contributed by atoms with Crippen LogP contribution < -0.4 is 0 Å². The molecule has 0 radical (unpaired) electrons. The second-order valence-corrected chi connectivity index (χ2v) is 6.14. The van der Waals surface area contributed by atoms with Gasteiger partial charge in [-0.1, -0.05) is 0 Å². The van der Waals surface area contributed by atoms with Crippen LogP contribution in [0.3, 0.4) is 0 Å². The standard InChI is InChI=1S/C10H17NO6S/c1-17-9(12)5-3-7-18(15,16)11-6-2-4-8(11)10(13)14/h8H,2-7H2,1H3,(H,13,14). The first kappa shape index (κ1) is 14.9. The maximum atomic E-state index is 11.9. The van der Waals surface area contributed by atoms with Gasteiger partial charge in [0.2, 0.25) is 10.0 Å². The number of hydrogen-bond acceptors (Lipinski definition) is 5. The number of methoxy groups -OCH3 is 1. The van der Waals surface area contributed by atoms with Crippen molar-refractivity contribution in [2.45, 2.75) is 31.7 Å². The number of carbonyl (C=O) groups is 2. The van der Waals surface area contributed by atoms with E-state index in [4.69, 9.17) is 5.11 Å². The third-order valence-electron chi connectivity index (χ3n) is 2.86. The molecule has 18 heavy (non-hydrogen) atoms. The Morgan fingerprint density at radius 3 is 2.67 bits per heavy atom. The molecule has 1 rings (SSSR count). The molecule has 0 amide bonds. The molecular formula is C10H17NO6S. The Kier molecular flexibility index (Phi) is 5.09. The highest BCUT2D eigenvalue weighted by molar-refractivity contribution is 7.89. The number of nitrogens with zero attached hydrogens (tertiary/aromatic N) is 1. The quantitative estimate of drug-likeness (QED) is 0.677. The first-order chi connectivity index (χ1) is 8.38. The van der Waals surface area contributed by atoms with Crippen molar-refractivity contribution in [3.63, 3.8) is 0 Å². The molecule has 7 nitrogen and oxygen atoms in total. The van der Waals surface area contributed by atoms with Crippen LogP contribution in [0.1, 0.15) is 25.7 Å². The minimum Gasteiger partial charge on any atom is -0.480 e. The maximum Gasteiger partial charge on any atom is 0.322 e. The summed E-state index contributed by atoms with van der Waals surface area (Å²) in [7, 11) is -2.38. The molecule has 0 aromatic carbocycles. The zero-order valence-electron chi connectivity index (χ0n) is 10.2. The molecule has 0 aromatic rings. The highest BCUT2D eigenvalue weighted by Gasteiger charge is 2.38. The molecule has 1 aliphatic heterocycles. The first-order valence-electron chi connectivity index (χ1n) is 5.67. The van der Waals surface area contributed by atoms with Crippen molar-refractivity contribution < 1.29 is 27.9 Å². The number of esters is 1. The van der Waals surface area contributed by atoms with Gasteiger partial charge in [-0.2, -0.15) is 4.31 Å². The second-order valence-electron chi connectivity index (χ2n) is 4.10. The van der Waals surface area contributed by atoms with Crippen molar-refractivity contribution in [1.82, 2.24) is 4.31 Å². The Hall–Kier alpha value is -1.15. The van der Waals surface area contributed by atoms with E-state index in [0.29, 0.717) is 12.8 Å². The van der Waals surface area contributed by atoms with Gasteiger partial charge in [0.15, 0.2) is 0 Å². The van der Waals surface area contributed by atoms with Gasteiger partial charge in [-0.25, -0.2) is 8.42 Å². The Morgan fingerprint density at radius 2 is 2.11 bits per heavy atom. The Balaban J connectivity index is 2.58. The summed E-state index contributed by atoms with van der Waals surface area (Å²) in [5.74, 6) is -1.82. The fourth-order valence-corrected chi connectivity index (χ4v) is 3.67. The van der Waals surface area contributed by atoms with Crippen LogP contribution in [-0.4, -0.2) is 55.2 Å². The maximum absolute atomic E-state index is 11.9. The van der Waals surface area contributed by atoms with E-state index < -0.39 is 28.0 Å². The predicted molar refractivity (Wildman–Crippen MR) is 62.4 cm³/mol. The fraction of sp³-hybridized carbons (Fsp3) is 0.800. The van der Waals surface area contributed by atoms with Crippen molar-refractivity contribution in [3.05, 3.63) is 0 Å². The van der Waals surface area contributed by atoms with Crippen LogP contribution in [0.25, 0.3) is 0 Å². The lowest BCUT2D eigenvalue weighted by molar-refractivity contribution is -0.141. The van der Waals surface area contributed by atoms with Gasteiger partial charge in [-0.3, -0.25) is 9.59 Å². The topological polar surface area (TPSA) is 101 Å². The number of carboxylic acids is 1. The highest BCUT2D eigenvalue weighted by atomic mass is 32.2. The summed E-state index contributed by atoms with van der Waals surface area (Å²) in [4.78, 5) is 21.8. The van der Waals surface area contributed by atoms with E-state index in [1.54, 1.807) is 0 Å². The van der Waals surface area contributed by atoms with Crippen LogP contribution in [-0.2, 0) is 24.3 Å². The minimum atomic E-state index is -3.61. The SMILES string of the molecule is COC(=O)CCCS(=O)(=O)N1CCCC1C(=O)O. The average Bonchev–Trinajstić information content (AvgIpc) is 2.78. The van der Waals surface area contributed by atoms with E-state index in [-0.39, 0.29) is 25.1 Å². The molecular weight excluding hydrogens is 262 g/mol. The fourth-order valence-electron chi connectivity index (χ4n) is 1.94. The lowest BCUT2D eigenvalue weighted by Gasteiger charge is -2.20. The third kappa shape index (κ3) is 3.67. The van der Waals surface area contributed by atoms with Crippen molar-refractivity contribution in [1.29, 1.82) is 0 Å². The van der Waals surface area contributed by atoms with Gasteiger partial charge in [0.25, 0.3) is 0 Å². The molecule has 1 saturated heterocycles. The molecule has 1 fully saturated rings. The summed E-state index contributed by atoms with van der Waals surface area (Å²) in [6.45, 7) is 0.234. The van der Waals surface area contributed by atoms with Crippen LogP contribution in [0, 0.1) is 0 Å². The number of ether oxygens (including phenoxy) is 1. The smallest absolute Gasteiger partial charge is 0.322 e. The molecule has 1 atom stereocenters. The van der Waals surface area contributed by atoms with Crippen LogP contribution in [0.2, 0.25) is 0 Å². The molecule has 0 aliphatic carbocycles. The summed E-state index contributed by atoms with van der Waals surface area (Å²) >= 11 is 0. The minimum absolute atomic E-state index is 0.0152. The van der Waals surface area contributed by atoms with E-state index >= 15 is 0 Å². The number of carboxylic acid groups (broad SMARTS) is 1. The molecule has 0 bridgehead atoms. The Labute approximate surface area is 106 Å². The molecule has 1 unspecified atom stereocenters. The largest absolute Gasteiger partial charge is 0.480 e. The van der Waals surface area contributed by atoms with Crippen LogP contribution in [0.4, 0.5) is 0 Å². The van der Waals surface area contributed by atoms with Crippen LogP contribution in [0.5, 0.6) is 0 Å². The Bertz CT molecular complexity index is 418. The summed E-state index contributed by atoms with van der Waals surface area (Å²) in [5, 5.41) is 8.92. The molecule has 1 N–H and O–H groups in total. The second kappa shape index (κ2) is 6.14. The molecule has 1 aliphatic rings. The predicted octanol–water partition coefficient (Wildman–Crippen LogP) is -0.182. The molecule has 0 aromatic heterocycles. The van der Waals surface area contributed by atoms with Gasteiger partial charge in [0.1, 0.15) is 6.04 Å².